The molecule has 1 spiro atoms. The normalized spacial score (nSPS) is 27.1. The number of rotatable bonds is 3. The Bertz CT molecular complexity index is 847. The summed E-state index contributed by atoms with van der Waals surface area (Å²) in [6.07, 6.45) is 6.53. The fourth-order valence-corrected chi connectivity index (χ4v) is 5.65. The van der Waals surface area contributed by atoms with E-state index in [1.807, 2.05) is 18.2 Å². The van der Waals surface area contributed by atoms with E-state index in [9.17, 15) is 4.79 Å². The summed E-state index contributed by atoms with van der Waals surface area (Å²) < 4.78 is 5.80. The van der Waals surface area contributed by atoms with Gasteiger partial charge < -0.3 is 15.4 Å². The number of ketones is 1. The highest BCUT2D eigenvalue weighted by Gasteiger charge is 2.47. The second kappa shape index (κ2) is 8.04. The molecule has 3 aliphatic rings. The van der Waals surface area contributed by atoms with E-state index < -0.39 is 0 Å². The number of nitrogens with zero attached hydrogens (tertiary/aromatic N) is 1. The second-order valence-corrected chi connectivity index (χ2v) is 9.70. The minimum atomic E-state index is 0.0926. The minimum absolute atomic E-state index is 0.0926. The van der Waals surface area contributed by atoms with Gasteiger partial charge in [-0.2, -0.15) is 0 Å². The monoisotopic (exact) mass is 438 g/mol. The lowest BCUT2D eigenvalue weighted by molar-refractivity contribution is -0.114. The predicted molar refractivity (Wildman–Crippen MR) is 115 cm³/mol. The Balaban J connectivity index is 1.43. The van der Waals surface area contributed by atoms with Gasteiger partial charge in [-0.25, -0.2) is 0 Å². The van der Waals surface area contributed by atoms with Crippen molar-refractivity contribution < 1.29 is 9.53 Å². The second-order valence-electron chi connectivity index (χ2n) is 7.83. The number of Topliss-reactive ketones (excluding diaryl/α,β-unsaturated/α-hetero) is 1. The predicted octanol–water partition coefficient (Wildman–Crippen LogP) is 4.65. The van der Waals surface area contributed by atoms with E-state index in [4.69, 9.17) is 33.7 Å². The third-order valence-corrected chi connectivity index (χ3v) is 8.27. The van der Waals surface area contributed by atoms with E-state index in [2.05, 4.69) is 17.9 Å². The van der Waals surface area contributed by atoms with E-state index >= 15 is 0 Å². The zero-order valence-corrected chi connectivity index (χ0v) is 18.1. The van der Waals surface area contributed by atoms with Crippen molar-refractivity contribution in [1.82, 2.24) is 4.90 Å². The molecule has 28 heavy (non-hydrogen) atoms. The Kier molecular flexibility index (Phi) is 5.83. The van der Waals surface area contributed by atoms with Crippen LogP contribution in [0.3, 0.4) is 0 Å². The van der Waals surface area contributed by atoms with Gasteiger partial charge in [0.25, 0.3) is 0 Å². The number of nitrogens with two attached hydrogens (primary N) is 1. The van der Waals surface area contributed by atoms with Crippen molar-refractivity contribution in [3.63, 3.8) is 0 Å². The third kappa shape index (κ3) is 3.75. The number of hydrogen-bond donors (Lipinski definition) is 1. The number of allylic oxidation sites excluding steroid dienone is 4. The molecule has 1 aliphatic carbocycles. The first-order valence-electron chi connectivity index (χ1n) is 9.58. The molecule has 7 heteroatoms. The molecule has 4 rings (SSSR count). The molecule has 2 saturated heterocycles. The van der Waals surface area contributed by atoms with Crippen molar-refractivity contribution in [1.29, 1.82) is 0 Å². The van der Waals surface area contributed by atoms with Crippen LogP contribution < -0.4 is 5.73 Å². The maximum Gasteiger partial charge on any atom is 0.175 e. The summed E-state index contributed by atoms with van der Waals surface area (Å²) in [5.74, 6) is 0.119. The van der Waals surface area contributed by atoms with Crippen molar-refractivity contribution in [2.24, 2.45) is 11.1 Å². The number of carbonyl (C=O) groups is 1. The minimum Gasteiger partial charge on any atom is -0.376 e. The van der Waals surface area contributed by atoms with E-state index in [0.29, 0.717) is 21.4 Å². The molecule has 2 N–H and O–H groups in total. The topological polar surface area (TPSA) is 55.6 Å². The average molecular weight is 439 g/mol. The standard InChI is InChI=1S/C21H24Cl2N2O2S/c1-13-20(24)21(12-27-13)7-9-25(10-8-21)14-5-6-17(16(26)11-14)28-18-4-2-3-15(22)19(18)23/h2-6,13,20H,7-12,24H2,1H3/t13-,20+/m0/s1. The summed E-state index contributed by atoms with van der Waals surface area (Å²) in [5, 5.41) is 0.987. The number of halogens is 2. The van der Waals surface area contributed by atoms with Crippen LogP contribution in [0.5, 0.6) is 0 Å². The van der Waals surface area contributed by atoms with E-state index in [1.165, 1.54) is 11.8 Å². The molecule has 0 saturated carbocycles. The molecule has 0 aromatic heterocycles. The molecule has 0 radical (unpaired) electrons. The zero-order valence-electron chi connectivity index (χ0n) is 15.8. The summed E-state index contributed by atoms with van der Waals surface area (Å²) in [6, 6.07) is 5.56. The molecule has 1 aromatic carbocycles. The lowest BCUT2D eigenvalue weighted by atomic mass is 9.73. The molecule has 0 unspecified atom stereocenters. The Hall–Kier alpha value is -0.980. The van der Waals surface area contributed by atoms with Gasteiger partial charge in [-0.15, -0.1) is 0 Å². The third-order valence-electron chi connectivity index (χ3n) is 6.19. The van der Waals surface area contributed by atoms with E-state index in [1.54, 1.807) is 6.07 Å². The molecule has 2 fully saturated rings. The van der Waals surface area contributed by atoms with Crippen LogP contribution in [-0.4, -0.2) is 42.5 Å². The van der Waals surface area contributed by atoms with Crippen LogP contribution in [0.15, 0.2) is 45.8 Å². The van der Waals surface area contributed by atoms with Gasteiger partial charge in [0.2, 0.25) is 0 Å². The van der Waals surface area contributed by atoms with Gasteiger partial charge in [-0.3, -0.25) is 4.79 Å². The van der Waals surface area contributed by atoms with E-state index in [0.717, 1.165) is 43.1 Å². The highest BCUT2D eigenvalue weighted by atomic mass is 35.5. The number of likely N-dealkylation sites (tertiary alicyclic amines) is 1. The Labute approximate surface area is 180 Å². The molecule has 2 heterocycles. The number of piperidine rings is 1. The lowest BCUT2D eigenvalue weighted by Gasteiger charge is -2.43. The molecule has 1 aromatic rings. The molecular formula is C21H24Cl2N2O2S. The quantitative estimate of drug-likeness (QED) is 0.743. The zero-order chi connectivity index (χ0) is 19.9. The van der Waals surface area contributed by atoms with Gasteiger partial charge >= 0.3 is 0 Å². The molecule has 2 atom stereocenters. The molecule has 150 valence electrons. The fraction of sp³-hybridized carbons (Fsp3) is 0.476. The Morgan fingerprint density at radius 1 is 1.25 bits per heavy atom. The van der Waals surface area contributed by atoms with Crippen LogP contribution in [0.2, 0.25) is 10.0 Å². The first-order valence-corrected chi connectivity index (χ1v) is 11.1. The van der Waals surface area contributed by atoms with Gasteiger partial charge in [-0.1, -0.05) is 41.0 Å². The fourth-order valence-electron chi connectivity index (χ4n) is 4.28. The first-order chi connectivity index (χ1) is 13.4. The summed E-state index contributed by atoms with van der Waals surface area (Å²) in [5.41, 5.74) is 7.58. The number of carbonyl (C=O) groups excluding carboxylic acids is 1. The highest BCUT2D eigenvalue weighted by Crippen LogP contribution is 2.43. The Morgan fingerprint density at radius 3 is 2.64 bits per heavy atom. The van der Waals surface area contributed by atoms with Gasteiger partial charge in [0.15, 0.2) is 5.78 Å². The van der Waals surface area contributed by atoms with Crippen LogP contribution in [0.4, 0.5) is 0 Å². The van der Waals surface area contributed by atoms with Crippen LogP contribution >= 0.6 is 35.0 Å². The maximum atomic E-state index is 12.7. The molecular weight excluding hydrogens is 415 g/mol. The van der Waals surface area contributed by atoms with Gasteiger partial charge in [0.1, 0.15) is 0 Å². The number of hydrogen-bond acceptors (Lipinski definition) is 5. The van der Waals surface area contributed by atoms with Crippen LogP contribution in [0.1, 0.15) is 26.2 Å². The molecule has 0 amide bonds. The summed E-state index contributed by atoms with van der Waals surface area (Å²) in [4.78, 5) is 16.5. The van der Waals surface area contributed by atoms with Crippen molar-refractivity contribution in [2.75, 3.05) is 19.7 Å². The SMILES string of the molecule is C[C@@H]1OCC2(CCN(C3=CC=C(Sc4cccc(Cl)c4Cl)C(=O)C3)CC2)[C@@H]1N. The number of ether oxygens (including phenoxy) is 1. The van der Waals surface area contributed by atoms with Crippen LogP contribution in [0.25, 0.3) is 0 Å². The Morgan fingerprint density at radius 2 is 2.00 bits per heavy atom. The largest absolute Gasteiger partial charge is 0.376 e. The van der Waals surface area contributed by atoms with Gasteiger partial charge in [0.05, 0.1) is 34.1 Å². The average Bonchev–Trinajstić information content (AvgIpc) is 2.96. The van der Waals surface area contributed by atoms with Gasteiger partial charge in [0, 0.05) is 35.1 Å². The number of thioether (sulfide) groups is 1. The molecule has 0 bridgehead atoms. The van der Waals surface area contributed by atoms with Crippen molar-refractivity contribution in [3.8, 4) is 0 Å². The van der Waals surface area contributed by atoms with E-state index in [-0.39, 0.29) is 23.3 Å². The summed E-state index contributed by atoms with van der Waals surface area (Å²) >= 11 is 13.7. The summed E-state index contributed by atoms with van der Waals surface area (Å²) in [7, 11) is 0. The maximum absolute atomic E-state index is 12.7. The summed E-state index contributed by atoms with van der Waals surface area (Å²) in [6.45, 7) is 4.64. The number of benzene rings is 1. The molecule has 2 aliphatic heterocycles. The molecule has 4 nitrogen and oxygen atoms in total. The van der Waals surface area contributed by atoms with Crippen LogP contribution in [0, 0.1) is 5.41 Å². The van der Waals surface area contributed by atoms with Crippen LogP contribution in [-0.2, 0) is 9.53 Å². The van der Waals surface area contributed by atoms with Crippen molar-refractivity contribution in [3.05, 3.63) is 51.0 Å². The van der Waals surface area contributed by atoms with Crippen molar-refractivity contribution >= 4 is 40.7 Å². The van der Waals surface area contributed by atoms with Gasteiger partial charge in [-0.05, 0) is 44.1 Å². The highest BCUT2D eigenvalue weighted by molar-refractivity contribution is 8.04. The van der Waals surface area contributed by atoms with Crippen molar-refractivity contribution in [2.45, 2.75) is 43.2 Å². The first kappa shape index (κ1) is 20.3. The smallest absolute Gasteiger partial charge is 0.175 e. The lowest BCUT2D eigenvalue weighted by Crippen LogP contribution is -2.50.